The predicted molar refractivity (Wildman–Crippen MR) is 132 cm³/mol. The molecule has 2 fully saturated rings. The summed E-state index contributed by atoms with van der Waals surface area (Å²) in [5, 5.41) is 6.76. The average molecular weight is 469 g/mol. The summed E-state index contributed by atoms with van der Waals surface area (Å²) < 4.78 is 0. The lowest BCUT2D eigenvalue weighted by Crippen LogP contribution is -2.60. The maximum Gasteiger partial charge on any atom is 0.254 e. The Bertz CT molecular complexity index is 1030. The lowest BCUT2D eigenvalue weighted by molar-refractivity contribution is 0.0483. The standard InChI is InChI=1S/2C13H16N2O.ClH/c1-9-7-14-8-11-6-10-4-2-3-5-12(10)13(16)15(9)11;1-9-10-4-2-3-5-11(10)13(16)15-7-6-14-8-12(9)15;/h2-5,9,11,14H,6-8H2,1H3;2-5,9,12,14H,6-8H2,1H3;1H/t9-,11-;9-,12+;/m11./s1. The molecule has 33 heavy (non-hydrogen) atoms. The molecule has 2 aromatic rings. The largest absolute Gasteiger partial charge is 0.332 e. The highest BCUT2D eigenvalue weighted by Gasteiger charge is 2.38. The number of hydrogen-bond donors (Lipinski definition) is 2. The first-order chi connectivity index (χ1) is 15.6. The highest BCUT2D eigenvalue weighted by Crippen LogP contribution is 2.33. The zero-order chi connectivity index (χ0) is 22.2. The van der Waals surface area contributed by atoms with Gasteiger partial charge in [-0.3, -0.25) is 9.59 Å². The zero-order valence-electron chi connectivity index (χ0n) is 19.3. The van der Waals surface area contributed by atoms with Crippen LogP contribution in [0.15, 0.2) is 48.5 Å². The molecule has 0 spiro atoms. The monoisotopic (exact) mass is 468 g/mol. The molecule has 0 radical (unpaired) electrons. The third kappa shape index (κ3) is 4.27. The van der Waals surface area contributed by atoms with Crippen molar-refractivity contribution >= 4 is 24.2 Å². The van der Waals surface area contributed by atoms with Gasteiger partial charge in [0, 0.05) is 61.9 Å². The molecule has 2 N–H and O–H groups in total. The Kier molecular flexibility index (Phi) is 7.07. The fourth-order valence-corrected chi connectivity index (χ4v) is 5.73. The number of nitrogens with zero attached hydrogens (tertiary/aromatic N) is 2. The van der Waals surface area contributed by atoms with Crippen LogP contribution < -0.4 is 10.6 Å². The quantitative estimate of drug-likeness (QED) is 0.624. The van der Waals surface area contributed by atoms with Gasteiger partial charge in [0.1, 0.15) is 0 Å². The van der Waals surface area contributed by atoms with Gasteiger partial charge < -0.3 is 20.4 Å². The Labute approximate surface area is 202 Å². The summed E-state index contributed by atoms with van der Waals surface area (Å²) >= 11 is 0. The number of halogens is 1. The third-order valence-electron chi connectivity index (χ3n) is 7.43. The smallest absolute Gasteiger partial charge is 0.254 e. The van der Waals surface area contributed by atoms with Crippen LogP contribution in [0.25, 0.3) is 0 Å². The number of benzene rings is 2. The van der Waals surface area contributed by atoms with Crippen LogP contribution in [0.3, 0.4) is 0 Å². The van der Waals surface area contributed by atoms with E-state index >= 15 is 0 Å². The second-order valence-electron chi connectivity index (χ2n) is 9.38. The van der Waals surface area contributed by atoms with E-state index in [-0.39, 0.29) is 24.2 Å². The van der Waals surface area contributed by atoms with Crippen molar-refractivity contribution in [2.75, 3.05) is 32.7 Å². The van der Waals surface area contributed by atoms with Gasteiger partial charge in [0.05, 0.1) is 6.04 Å². The average Bonchev–Trinajstić information content (AvgIpc) is 2.83. The highest BCUT2D eigenvalue weighted by molar-refractivity contribution is 5.98. The van der Waals surface area contributed by atoms with E-state index in [0.29, 0.717) is 24.0 Å². The molecule has 2 aromatic carbocycles. The van der Waals surface area contributed by atoms with Crippen LogP contribution in [0.1, 0.15) is 51.6 Å². The first-order valence-electron chi connectivity index (χ1n) is 11.8. The predicted octanol–water partition coefficient (Wildman–Crippen LogP) is 2.68. The lowest BCUT2D eigenvalue weighted by atomic mass is 9.83. The highest BCUT2D eigenvalue weighted by atomic mass is 35.5. The molecule has 4 aliphatic heterocycles. The molecule has 0 unspecified atom stereocenters. The SMILES string of the molecule is C[C@@H]1CNC[C@H]2Cc3ccccc3C(=O)N21.C[C@@H]1c2ccccc2C(=O)N2CCNC[C@@H]12.Cl. The number of piperazine rings is 2. The molecule has 2 saturated heterocycles. The summed E-state index contributed by atoms with van der Waals surface area (Å²) in [5.74, 6) is 0.850. The van der Waals surface area contributed by atoms with Crippen molar-refractivity contribution in [3.63, 3.8) is 0 Å². The van der Waals surface area contributed by atoms with Gasteiger partial charge in [-0.1, -0.05) is 43.3 Å². The number of nitrogens with one attached hydrogen (secondary N) is 2. The van der Waals surface area contributed by atoms with E-state index in [9.17, 15) is 9.59 Å². The number of amides is 2. The Morgan fingerprint density at radius 2 is 1.58 bits per heavy atom. The van der Waals surface area contributed by atoms with E-state index in [0.717, 1.165) is 50.3 Å². The van der Waals surface area contributed by atoms with E-state index < -0.39 is 0 Å². The second-order valence-corrected chi connectivity index (χ2v) is 9.38. The number of carbonyl (C=O) groups excluding carboxylic acids is 2. The topological polar surface area (TPSA) is 64.7 Å². The van der Waals surface area contributed by atoms with Crippen LogP contribution in [-0.2, 0) is 6.42 Å². The van der Waals surface area contributed by atoms with Gasteiger partial charge in [-0.05, 0) is 36.6 Å². The molecule has 6 nitrogen and oxygen atoms in total. The first kappa shape index (κ1) is 23.7. The lowest BCUT2D eigenvalue weighted by Gasteiger charge is -2.44. The van der Waals surface area contributed by atoms with Crippen molar-refractivity contribution < 1.29 is 9.59 Å². The fraction of sp³-hybridized carbons (Fsp3) is 0.462. The molecule has 0 aromatic heterocycles. The van der Waals surface area contributed by atoms with E-state index in [2.05, 4.69) is 41.5 Å². The molecule has 7 heteroatoms. The normalized spacial score (nSPS) is 27.7. The summed E-state index contributed by atoms with van der Waals surface area (Å²) in [4.78, 5) is 28.7. The Morgan fingerprint density at radius 1 is 0.848 bits per heavy atom. The van der Waals surface area contributed by atoms with Crippen molar-refractivity contribution in [3.8, 4) is 0 Å². The molecule has 4 atom stereocenters. The van der Waals surface area contributed by atoms with Gasteiger partial charge in [-0.2, -0.15) is 0 Å². The second kappa shape index (κ2) is 9.84. The molecule has 0 aliphatic carbocycles. The number of carbonyl (C=O) groups is 2. The van der Waals surface area contributed by atoms with Crippen LogP contribution in [0.2, 0.25) is 0 Å². The van der Waals surface area contributed by atoms with Crippen molar-refractivity contribution in [2.45, 2.75) is 44.3 Å². The van der Waals surface area contributed by atoms with Crippen molar-refractivity contribution in [2.24, 2.45) is 0 Å². The third-order valence-corrected chi connectivity index (χ3v) is 7.43. The Hall–Kier alpha value is -2.41. The number of fused-ring (bicyclic) bond motifs is 4. The minimum atomic E-state index is 0. The minimum absolute atomic E-state index is 0. The Balaban J connectivity index is 0.000000152. The van der Waals surface area contributed by atoms with E-state index in [1.54, 1.807) is 0 Å². The molecular formula is C26H33ClN4O2. The number of rotatable bonds is 0. The van der Waals surface area contributed by atoms with Gasteiger partial charge in [-0.25, -0.2) is 0 Å². The van der Waals surface area contributed by atoms with E-state index in [4.69, 9.17) is 0 Å². The van der Waals surface area contributed by atoms with E-state index in [1.807, 2.05) is 41.3 Å². The summed E-state index contributed by atoms with van der Waals surface area (Å²) in [5.41, 5.74) is 4.20. The number of hydrogen-bond acceptors (Lipinski definition) is 4. The molecule has 6 rings (SSSR count). The molecule has 0 bridgehead atoms. The van der Waals surface area contributed by atoms with Gasteiger partial charge in [0.15, 0.2) is 0 Å². The van der Waals surface area contributed by atoms with Crippen molar-refractivity contribution in [1.29, 1.82) is 0 Å². The van der Waals surface area contributed by atoms with Crippen molar-refractivity contribution in [3.05, 3.63) is 70.8 Å². The molecule has 0 saturated carbocycles. The van der Waals surface area contributed by atoms with Crippen LogP contribution in [-0.4, -0.2) is 72.5 Å². The maximum absolute atomic E-state index is 12.4. The van der Waals surface area contributed by atoms with Gasteiger partial charge in [0.25, 0.3) is 11.8 Å². The zero-order valence-corrected chi connectivity index (χ0v) is 20.1. The maximum atomic E-state index is 12.4. The summed E-state index contributed by atoms with van der Waals surface area (Å²) in [6, 6.07) is 17.0. The summed E-state index contributed by atoms with van der Waals surface area (Å²) in [6.45, 7) is 8.83. The van der Waals surface area contributed by atoms with Crippen LogP contribution in [0, 0.1) is 0 Å². The molecule has 4 heterocycles. The molecular weight excluding hydrogens is 436 g/mol. The van der Waals surface area contributed by atoms with E-state index in [1.165, 1.54) is 11.1 Å². The summed E-state index contributed by atoms with van der Waals surface area (Å²) in [6.07, 6.45) is 0.985. The minimum Gasteiger partial charge on any atom is -0.332 e. The van der Waals surface area contributed by atoms with Crippen LogP contribution >= 0.6 is 12.4 Å². The van der Waals surface area contributed by atoms with Gasteiger partial charge >= 0.3 is 0 Å². The Morgan fingerprint density at radius 3 is 2.39 bits per heavy atom. The van der Waals surface area contributed by atoms with Crippen molar-refractivity contribution in [1.82, 2.24) is 20.4 Å². The van der Waals surface area contributed by atoms with Gasteiger partial charge in [-0.15, -0.1) is 12.4 Å². The first-order valence-corrected chi connectivity index (χ1v) is 11.8. The summed E-state index contributed by atoms with van der Waals surface area (Å²) in [7, 11) is 0. The van der Waals surface area contributed by atoms with Crippen LogP contribution in [0.5, 0.6) is 0 Å². The van der Waals surface area contributed by atoms with Crippen LogP contribution in [0.4, 0.5) is 0 Å². The molecule has 2 amide bonds. The molecule has 4 aliphatic rings. The molecule has 176 valence electrons. The van der Waals surface area contributed by atoms with Gasteiger partial charge in [0.2, 0.25) is 0 Å². The fourth-order valence-electron chi connectivity index (χ4n) is 5.73.